The molecule has 0 aliphatic carbocycles. The first kappa shape index (κ1) is 11.3. The van der Waals surface area contributed by atoms with Crippen LogP contribution in [0.1, 0.15) is 11.1 Å². The number of aryl methyl sites for hydroxylation is 1. The quantitative estimate of drug-likeness (QED) is 0.796. The maximum Gasteiger partial charge on any atom is 0.120 e. The maximum atomic E-state index is 9.15. The van der Waals surface area contributed by atoms with Crippen LogP contribution in [0.3, 0.4) is 0 Å². The Kier molecular flexibility index (Phi) is 3.19. The van der Waals surface area contributed by atoms with Crippen molar-refractivity contribution in [2.24, 2.45) is 0 Å². The molecule has 0 saturated carbocycles. The normalized spacial score (nSPS) is 10.2. The van der Waals surface area contributed by atoms with Gasteiger partial charge in [0, 0.05) is 5.69 Å². The van der Waals surface area contributed by atoms with E-state index in [1.165, 1.54) is 0 Å². The fourth-order valence-electron chi connectivity index (χ4n) is 1.58. The molecule has 2 aromatic rings. The van der Waals surface area contributed by atoms with Crippen LogP contribution in [0.2, 0.25) is 0 Å². The number of hydrogen-bond donors (Lipinski definition) is 2. The van der Waals surface area contributed by atoms with Gasteiger partial charge in [-0.1, -0.05) is 6.07 Å². The van der Waals surface area contributed by atoms with Crippen LogP contribution in [0.15, 0.2) is 42.5 Å². The maximum absolute atomic E-state index is 9.15. The van der Waals surface area contributed by atoms with Gasteiger partial charge in [0.15, 0.2) is 0 Å². The lowest BCUT2D eigenvalue weighted by atomic mass is 10.1. The number of aromatic hydroxyl groups is 1. The minimum Gasteiger partial charge on any atom is -0.508 e. The van der Waals surface area contributed by atoms with Gasteiger partial charge in [-0.3, -0.25) is 0 Å². The Labute approximate surface area is 100 Å². The second-order valence-electron chi connectivity index (χ2n) is 3.97. The molecule has 88 valence electrons. The van der Waals surface area contributed by atoms with Gasteiger partial charge in [0.1, 0.15) is 18.1 Å². The summed E-state index contributed by atoms with van der Waals surface area (Å²) in [5.74, 6) is 0.972. The van der Waals surface area contributed by atoms with E-state index in [0.29, 0.717) is 6.61 Å². The molecule has 3 N–H and O–H groups in total. The van der Waals surface area contributed by atoms with Gasteiger partial charge in [-0.2, -0.15) is 0 Å². The van der Waals surface area contributed by atoms with Gasteiger partial charge in [-0.05, 0) is 54.4 Å². The largest absolute Gasteiger partial charge is 0.508 e. The fraction of sp³-hybridized carbons (Fsp3) is 0.143. The molecule has 0 atom stereocenters. The Hall–Kier alpha value is -2.16. The van der Waals surface area contributed by atoms with Gasteiger partial charge >= 0.3 is 0 Å². The van der Waals surface area contributed by atoms with Gasteiger partial charge < -0.3 is 15.6 Å². The second kappa shape index (κ2) is 4.78. The summed E-state index contributed by atoms with van der Waals surface area (Å²) in [6.45, 7) is 2.50. The highest BCUT2D eigenvalue weighted by Crippen LogP contribution is 2.19. The molecular weight excluding hydrogens is 214 g/mol. The predicted octanol–water partition coefficient (Wildman–Crippen LogP) is 2.86. The first-order chi connectivity index (χ1) is 8.15. The number of benzene rings is 2. The summed E-state index contributed by atoms with van der Waals surface area (Å²) in [6, 6.07) is 12.4. The van der Waals surface area contributed by atoms with Gasteiger partial charge in [0.05, 0.1) is 0 Å². The molecular formula is C14H15NO2. The SMILES string of the molecule is Cc1cc(N)ccc1COc1ccc(O)cc1. The standard InChI is InChI=1S/C14H15NO2/c1-10-8-12(15)3-2-11(10)9-17-14-6-4-13(16)5-7-14/h2-8,16H,9,15H2,1H3. The van der Waals surface area contributed by atoms with Crippen molar-refractivity contribution in [3.05, 3.63) is 53.6 Å². The van der Waals surface area contributed by atoms with E-state index >= 15 is 0 Å². The van der Waals surface area contributed by atoms with Crippen LogP contribution in [-0.4, -0.2) is 5.11 Å². The van der Waals surface area contributed by atoms with Gasteiger partial charge in [-0.15, -0.1) is 0 Å². The average Bonchev–Trinajstić information content (AvgIpc) is 2.30. The monoisotopic (exact) mass is 229 g/mol. The summed E-state index contributed by atoms with van der Waals surface area (Å²) < 4.78 is 5.62. The molecule has 3 nitrogen and oxygen atoms in total. The van der Waals surface area contributed by atoms with Crippen molar-refractivity contribution in [3.63, 3.8) is 0 Å². The van der Waals surface area contributed by atoms with Crippen molar-refractivity contribution in [1.29, 1.82) is 0 Å². The zero-order valence-electron chi connectivity index (χ0n) is 9.68. The van der Waals surface area contributed by atoms with E-state index in [1.54, 1.807) is 24.3 Å². The van der Waals surface area contributed by atoms with Crippen LogP contribution in [0.25, 0.3) is 0 Å². The van der Waals surface area contributed by atoms with Gasteiger partial charge in [-0.25, -0.2) is 0 Å². The van der Waals surface area contributed by atoms with Gasteiger partial charge in [0.25, 0.3) is 0 Å². The molecule has 0 heterocycles. The molecule has 0 unspecified atom stereocenters. The Morgan fingerprint density at radius 2 is 1.82 bits per heavy atom. The number of nitrogen functional groups attached to an aromatic ring is 1. The number of phenolic OH excluding ortho intramolecular Hbond substituents is 1. The molecule has 0 saturated heterocycles. The van der Waals surface area contributed by atoms with E-state index in [0.717, 1.165) is 22.6 Å². The summed E-state index contributed by atoms with van der Waals surface area (Å²) in [4.78, 5) is 0. The third kappa shape index (κ3) is 2.91. The van der Waals surface area contributed by atoms with E-state index in [9.17, 15) is 0 Å². The minimum absolute atomic E-state index is 0.237. The highest BCUT2D eigenvalue weighted by molar-refractivity contribution is 5.44. The fourth-order valence-corrected chi connectivity index (χ4v) is 1.58. The van der Waals surface area contributed by atoms with Crippen molar-refractivity contribution in [3.8, 4) is 11.5 Å². The lowest BCUT2D eigenvalue weighted by molar-refractivity contribution is 0.305. The van der Waals surface area contributed by atoms with Crippen molar-refractivity contribution >= 4 is 5.69 Å². The number of rotatable bonds is 3. The molecule has 3 heteroatoms. The number of phenols is 1. The number of hydrogen-bond acceptors (Lipinski definition) is 3. The third-order valence-electron chi connectivity index (χ3n) is 2.60. The van der Waals surface area contributed by atoms with Crippen LogP contribution in [0, 0.1) is 6.92 Å². The number of anilines is 1. The first-order valence-corrected chi connectivity index (χ1v) is 5.42. The van der Waals surface area contributed by atoms with E-state index < -0.39 is 0 Å². The highest BCUT2D eigenvalue weighted by atomic mass is 16.5. The topological polar surface area (TPSA) is 55.5 Å². The molecule has 0 aliphatic heterocycles. The van der Waals surface area contributed by atoms with Crippen molar-refractivity contribution < 1.29 is 9.84 Å². The summed E-state index contributed by atoms with van der Waals surface area (Å²) in [6.07, 6.45) is 0. The zero-order chi connectivity index (χ0) is 12.3. The van der Waals surface area contributed by atoms with Gasteiger partial charge in [0.2, 0.25) is 0 Å². The Morgan fingerprint density at radius 1 is 1.12 bits per heavy atom. The van der Waals surface area contributed by atoms with Crippen LogP contribution in [0.4, 0.5) is 5.69 Å². The molecule has 2 aromatic carbocycles. The Bertz CT molecular complexity index is 506. The average molecular weight is 229 g/mol. The minimum atomic E-state index is 0.237. The van der Waals surface area contributed by atoms with Crippen LogP contribution in [0.5, 0.6) is 11.5 Å². The van der Waals surface area contributed by atoms with E-state index in [4.69, 9.17) is 15.6 Å². The molecule has 0 spiro atoms. The Morgan fingerprint density at radius 3 is 2.47 bits per heavy atom. The van der Waals surface area contributed by atoms with E-state index in [-0.39, 0.29) is 5.75 Å². The zero-order valence-corrected chi connectivity index (χ0v) is 9.68. The van der Waals surface area contributed by atoms with Crippen molar-refractivity contribution in [2.75, 3.05) is 5.73 Å². The summed E-state index contributed by atoms with van der Waals surface area (Å²) in [7, 11) is 0. The third-order valence-corrected chi connectivity index (χ3v) is 2.60. The van der Waals surface area contributed by atoms with Crippen LogP contribution >= 0.6 is 0 Å². The summed E-state index contributed by atoms with van der Waals surface area (Å²) >= 11 is 0. The predicted molar refractivity (Wildman–Crippen MR) is 68.0 cm³/mol. The molecule has 0 aromatic heterocycles. The smallest absolute Gasteiger partial charge is 0.120 e. The van der Waals surface area contributed by atoms with E-state index in [1.807, 2.05) is 25.1 Å². The lowest BCUT2D eigenvalue weighted by Crippen LogP contribution is -1.98. The summed E-state index contributed by atoms with van der Waals surface area (Å²) in [5.41, 5.74) is 8.66. The molecule has 0 radical (unpaired) electrons. The Balaban J connectivity index is 2.04. The molecule has 2 rings (SSSR count). The highest BCUT2D eigenvalue weighted by Gasteiger charge is 2.00. The number of nitrogens with two attached hydrogens (primary N) is 1. The van der Waals surface area contributed by atoms with Crippen molar-refractivity contribution in [1.82, 2.24) is 0 Å². The lowest BCUT2D eigenvalue weighted by Gasteiger charge is -2.09. The molecule has 0 amide bonds. The van der Waals surface area contributed by atoms with Crippen LogP contribution < -0.4 is 10.5 Å². The van der Waals surface area contributed by atoms with Crippen LogP contribution in [-0.2, 0) is 6.61 Å². The van der Waals surface area contributed by atoms with E-state index in [2.05, 4.69) is 0 Å². The van der Waals surface area contributed by atoms with Crippen molar-refractivity contribution in [2.45, 2.75) is 13.5 Å². The summed E-state index contributed by atoms with van der Waals surface area (Å²) in [5, 5.41) is 9.15. The molecule has 0 fully saturated rings. The molecule has 0 bridgehead atoms. The molecule has 0 aliphatic rings. The second-order valence-corrected chi connectivity index (χ2v) is 3.97. The molecule has 17 heavy (non-hydrogen) atoms. The number of ether oxygens (including phenoxy) is 1. The first-order valence-electron chi connectivity index (χ1n) is 5.42.